The number of amides is 3. The van der Waals surface area contributed by atoms with Crippen molar-refractivity contribution in [2.24, 2.45) is 0 Å². The van der Waals surface area contributed by atoms with Gasteiger partial charge in [0.05, 0.1) is 17.9 Å². The van der Waals surface area contributed by atoms with E-state index in [1.165, 1.54) is 5.69 Å². The summed E-state index contributed by atoms with van der Waals surface area (Å²) in [4.78, 5) is 37.9. The molecule has 1 atom stereocenters. The fraction of sp³-hybridized carbons (Fsp3) is 0.429. The van der Waals surface area contributed by atoms with Crippen molar-refractivity contribution in [2.75, 3.05) is 6.54 Å². The van der Waals surface area contributed by atoms with E-state index < -0.39 is 6.04 Å². The van der Waals surface area contributed by atoms with Crippen LogP contribution in [0.1, 0.15) is 45.7 Å². The van der Waals surface area contributed by atoms with Gasteiger partial charge in [0.15, 0.2) is 0 Å². The van der Waals surface area contributed by atoms with Gasteiger partial charge in [0.2, 0.25) is 11.8 Å². The van der Waals surface area contributed by atoms with Gasteiger partial charge in [-0.1, -0.05) is 12.1 Å². The Balaban J connectivity index is 1.21. The zero-order valence-electron chi connectivity index (χ0n) is 16.6. The molecule has 3 aliphatic heterocycles. The van der Waals surface area contributed by atoms with E-state index >= 15 is 0 Å². The van der Waals surface area contributed by atoms with Gasteiger partial charge in [0.1, 0.15) is 6.04 Å². The van der Waals surface area contributed by atoms with Crippen molar-refractivity contribution in [1.82, 2.24) is 30.6 Å². The Kier molecular flexibility index (Phi) is 4.84. The van der Waals surface area contributed by atoms with Crippen molar-refractivity contribution in [1.29, 1.82) is 0 Å². The molecule has 1 saturated heterocycles. The molecule has 0 bridgehead atoms. The Morgan fingerprint density at radius 2 is 2.07 bits per heavy atom. The van der Waals surface area contributed by atoms with E-state index in [2.05, 4.69) is 31.8 Å². The highest BCUT2D eigenvalue weighted by Gasteiger charge is 2.39. The number of nitrogens with zero attached hydrogens (tertiary/aromatic N) is 3. The van der Waals surface area contributed by atoms with Gasteiger partial charge in [-0.3, -0.25) is 24.4 Å². The molecule has 2 aromatic rings. The van der Waals surface area contributed by atoms with Gasteiger partial charge in [0.25, 0.3) is 5.91 Å². The molecule has 1 aromatic carbocycles. The van der Waals surface area contributed by atoms with Crippen LogP contribution in [0, 0.1) is 0 Å². The van der Waals surface area contributed by atoms with E-state index in [-0.39, 0.29) is 24.1 Å². The summed E-state index contributed by atoms with van der Waals surface area (Å²) in [6, 6.07) is 7.35. The van der Waals surface area contributed by atoms with Crippen LogP contribution in [0.3, 0.4) is 0 Å². The first-order valence-corrected chi connectivity index (χ1v) is 10.3. The predicted octanol–water partition coefficient (Wildman–Crippen LogP) is 0.0371. The molecule has 9 heteroatoms. The van der Waals surface area contributed by atoms with Gasteiger partial charge in [-0.15, -0.1) is 0 Å². The predicted molar refractivity (Wildman–Crippen MR) is 107 cm³/mol. The summed E-state index contributed by atoms with van der Waals surface area (Å²) in [6.07, 6.45) is 0.641. The maximum absolute atomic E-state index is 12.8. The molecule has 3 aliphatic rings. The summed E-state index contributed by atoms with van der Waals surface area (Å²) in [5.74, 6) is -0.799. The van der Waals surface area contributed by atoms with E-state index in [0.29, 0.717) is 31.6 Å². The molecular formula is C21H24N6O3. The normalized spacial score (nSPS) is 20.9. The first-order valence-electron chi connectivity index (χ1n) is 10.3. The molecule has 0 spiro atoms. The Morgan fingerprint density at radius 3 is 2.90 bits per heavy atom. The Morgan fingerprint density at radius 1 is 1.17 bits per heavy atom. The zero-order chi connectivity index (χ0) is 20.7. The Labute approximate surface area is 173 Å². The molecule has 0 radical (unpaired) electrons. The van der Waals surface area contributed by atoms with Crippen LogP contribution in [0.4, 0.5) is 0 Å². The van der Waals surface area contributed by atoms with Gasteiger partial charge in [-0.2, -0.15) is 5.10 Å². The lowest BCUT2D eigenvalue weighted by atomic mass is 10.0. The number of piperidine rings is 1. The monoisotopic (exact) mass is 408 g/mol. The number of aromatic nitrogens is 2. The highest BCUT2D eigenvalue weighted by molar-refractivity contribution is 6.05. The minimum atomic E-state index is -0.578. The van der Waals surface area contributed by atoms with Gasteiger partial charge < -0.3 is 15.5 Å². The van der Waals surface area contributed by atoms with Crippen molar-refractivity contribution >= 4 is 17.7 Å². The van der Waals surface area contributed by atoms with Crippen LogP contribution in [-0.2, 0) is 42.3 Å². The average molecular weight is 408 g/mol. The number of imide groups is 1. The lowest BCUT2D eigenvalue weighted by Gasteiger charge is -2.29. The summed E-state index contributed by atoms with van der Waals surface area (Å²) < 4.78 is 2.05. The van der Waals surface area contributed by atoms with Crippen LogP contribution >= 0.6 is 0 Å². The number of hydrogen-bond donors (Lipinski definition) is 3. The minimum absolute atomic E-state index is 0.142. The average Bonchev–Trinajstić information content (AvgIpc) is 3.28. The molecule has 1 fully saturated rings. The summed E-state index contributed by atoms with van der Waals surface area (Å²) in [6.45, 7) is 4.45. The molecule has 30 heavy (non-hydrogen) atoms. The first-order chi connectivity index (χ1) is 14.6. The maximum Gasteiger partial charge on any atom is 0.255 e. The lowest BCUT2D eigenvalue weighted by molar-refractivity contribution is -0.136. The van der Waals surface area contributed by atoms with Crippen LogP contribution in [-0.4, -0.2) is 45.0 Å². The highest BCUT2D eigenvalue weighted by Crippen LogP contribution is 2.28. The van der Waals surface area contributed by atoms with Crippen LogP contribution in [0.2, 0.25) is 0 Å². The molecule has 9 nitrogen and oxygen atoms in total. The number of hydrogen-bond acceptors (Lipinski definition) is 6. The molecule has 5 rings (SSSR count). The number of fused-ring (bicyclic) bond motifs is 2. The molecule has 1 unspecified atom stereocenters. The van der Waals surface area contributed by atoms with E-state index in [1.54, 1.807) is 4.90 Å². The summed E-state index contributed by atoms with van der Waals surface area (Å²) in [5.41, 5.74) is 4.87. The van der Waals surface area contributed by atoms with Gasteiger partial charge >= 0.3 is 0 Å². The molecule has 0 saturated carbocycles. The number of carbonyl (C=O) groups is 3. The fourth-order valence-electron chi connectivity index (χ4n) is 4.41. The first kappa shape index (κ1) is 19.0. The van der Waals surface area contributed by atoms with Crippen LogP contribution in [0.25, 0.3) is 0 Å². The zero-order valence-corrected chi connectivity index (χ0v) is 16.6. The van der Waals surface area contributed by atoms with E-state index in [1.807, 2.05) is 18.2 Å². The Hall–Kier alpha value is -3.04. The standard InChI is InChI=1S/C21H24N6O3/c28-19-4-3-18(20(29)24-19)26-12-14-7-13(1-2-17(14)21(26)30)9-23-10-15-8-16-11-22-5-6-27(16)25-15/h1-2,7-8,18,22-23H,3-6,9-12H2,(H,24,28,29). The molecule has 0 aliphatic carbocycles. The molecule has 3 N–H and O–H groups in total. The molecule has 4 heterocycles. The van der Waals surface area contributed by atoms with Crippen molar-refractivity contribution in [3.8, 4) is 0 Å². The van der Waals surface area contributed by atoms with Crippen molar-refractivity contribution < 1.29 is 14.4 Å². The van der Waals surface area contributed by atoms with Gasteiger partial charge in [-0.05, 0) is 29.7 Å². The Bertz CT molecular complexity index is 1010. The van der Waals surface area contributed by atoms with Crippen molar-refractivity contribution in [2.45, 2.75) is 51.6 Å². The molecule has 3 amide bonds. The van der Waals surface area contributed by atoms with E-state index in [0.717, 1.165) is 36.5 Å². The van der Waals surface area contributed by atoms with Gasteiger partial charge in [-0.25, -0.2) is 0 Å². The second kappa shape index (κ2) is 7.66. The van der Waals surface area contributed by atoms with E-state index in [4.69, 9.17) is 0 Å². The van der Waals surface area contributed by atoms with Crippen LogP contribution in [0.15, 0.2) is 24.3 Å². The fourth-order valence-corrected chi connectivity index (χ4v) is 4.41. The third-order valence-corrected chi connectivity index (χ3v) is 5.94. The van der Waals surface area contributed by atoms with Crippen molar-refractivity contribution in [3.63, 3.8) is 0 Å². The highest BCUT2D eigenvalue weighted by atomic mass is 16.2. The van der Waals surface area contributed by atoms with E-state index in [9.17, 15) is 14.4 Å². The number of nitrogens with one attached hydrogen (secondary N) is 3. The number of carbonyl (C=O) groups excluding carboxylic acids is 3. The summed E-state index contributed by atoms with van der Waals surface area (Å²) in [5, 5.41) is 13.7. The second-order valence-electron chi connectivity index (χ2n) is 8.02. The smallest absolute Gasteiger partial charge is 0.255 e. The topological polar surface area (TPSA) is 108 Å². The lowest BCUT2D eigenvalue weighted by Crippen LogP contribution is -2.52. The molecule has 1 aromatic heterocycles. The summed E-state index contributed by atoms with van der Waals surface area (Å²) in [7, 11) is 0. The largest absolute Gasteiger partial charge is 0.322 e. The number of benzene rings is 1. The van der Waals surface area contributed by atoms with Crippen molar-refractivity contribution in [3.05, 3.63) is 52.3 Å². The van der Waals surface area contributed by atoms with Crippen LogP contribution in [0.5, 0.6) is 0 Å². The third-order valence-electron chi connectivity index (χ3n) is 5.94. The van der Waals surface area contributed by atoms with Crippen LogP contribution < -0.4 is 16.0 Å². The maximum atomic E-state index is 12.8. The minimum Gasteiger partial charge on any atom is -0.322 e. The van der Waals surface area contributed by atoms with Gasteiger partial charge in [0, 0.05) is 44.7 Å². The third kappa shape index (κ3) is 3.50. The molecular weight excluding hydrogens is 384 g/mol. The second-order valence-corrected chi connectivity index (χ2v) is 8.02. The molecule has 156 valence electrons. The quantitative estimate of drug-likeness (QED) is 0.603. The number of rotatable bonds is 5. The summed E-state index contributed by atoms with van der Waals surface area (Å²) >= 11 is 0. The SMILES string of the molecule is O=C1CCC(N2Cc3cc(CNCc4cc5n(n4)CCNC5)ccc3C2=O)C(=O)N1.